The smallest absolute Gasteiger partial charge is 0.0760 e. The molecular formula is C15H21Cl2NOS. The van der Waals surface area contributed by atoms with Gasteiger partial charge in [-0.1, -0.05) is 48.5 Å². The van der Waals surface area contributed by atoms with Crippen LogP contribution in [0.5, 0.6) is 0 Å². The Morgan fingerprint density at radius 2 is 1.85 bits per heavy atom. The first-order valence-corrected chi connectivity index (χ1v) is 9.20. The van der Waals surface area contributed by atoms with Crippen molar-refractivity contribution in [2.45, 2.75) is 43.0 Å². The number of benzene rings is 1. The number of halogens is 2. The molecule has 0 saturated heterocycles. The SMILES string of the molecule is CNC(CS(=O)c1c(Cl)cccc1Cl)C1CCCCC1. The summed E-state index contributed by atoms with van der Waals surface area (Å²) in [6, 6.07) is 5.54. The molecule has 0 spiro atoms. The number of hydrogen-bond donors (Lipinski definition) is 1. The van der Waals surface area contributed by atoms with E-state index in [1.165, 1.54) is 32.1 Å². The van der Waals surface area contributed by atoms with Crippen LogP contribution in [0.15, 0.2) is 23.1 Å². The van der Waals surface area contributed by atoms with E-state index in [1.54, 1.807) is 18.2 Å². The minimum atomic E-state index is -1.16. The highest BCUT2D eigenvalue weighted by atomic mass is 35.5. The molecule has 0 bridgehead atoms. The van der Waals surface area contributed by atoms with E-state index in [0.29, 0.717) is 26.6 Å². The van der Waals surface area contributed by atoms with Crippen molar-refractivity contribution in [3.8, 4) is 0 Å². The predicted molar refractivity (Wildman–Crippen MR) is 87.2 cm³/mol. The molecule has 1 fully saturated rings. The van der Waals surface area contributed by atoms with Gasteiger partial charge in [-0.05, 0) is 37.9 Å². The van der Waals surface area contributed by atoms with Crippen LogP contribution in [0.2, 0.25) is 10.0 Å². The maximum Gasteiger partial charge on any atom is 0.0760 e. The minimum Gasteiger partial charge on any atom is -0.316 e. The molecular weight excluding hydrogens is 313 g/mol. The molecule has 2 unspecified atom stereocenters. The first-order chi connectivity index (χ1) is 9.63. The van der Waals surface area contributed by atoms with Crippen LogP contribution in [-0.4, -0.2) is 23.1 Å². The van der Waals surface area contributed by atoms with Crippen LogP contribution in [0.1, 0.15) is 32.1 Å². The van der Waals surface area contributed by atoms with E-state index in [4.69, 9.17) is 23.2 Å². The molecule has 1 N–H and O–H groups in total. The fourth-order valence-electron chi connectivity index (χ4n) is 2.94. The van der Waals surface area contributed by atoms with Gasteiger partial charge in [-0.2, -0.15) is 0 Å². The van der Waals surface area contributed by atoms with Crippen LogP contribution < -0.4 is 5.32 Å². The van der Waals surface area contributed by atoms with E-state index in [9.17, 15) is 4.21 Å². The lowest BCUT2D eigenvalue weighted by Gasteiger charge is -2.29. The Morgan fingerprint density at radius 1 is 1.25 bits per heavy atom. The quantitative estimate of drug-likeness (QED) is 0.871. The third-order valence-corrected chi connectivity index (χ3v) is 6.48. The van der Waals surface area contributed by atoms with Crippen molar-refractivity contribution in [1.82, 2.24) is 5.32 Å². The van der Waals surface area contributed by atoms with Crippen molar-refractivity contribution in [3.05, 3.63) is 28.2 Å². The highest BCUT2D eigenvalue weighted by Gasteiger charge is 2.25. The molecule has 1 aromatic carbocycles. The number of hydrogen-bond acceptors (Lipinski definition) is 2. The zero-order valence-electron chi connectivity index (χ0n) is 11.7. The summed E-state index contributed by atoms with van der Waals surface area (Å²) >= 11 is 12.3. The lowest BCUT2D eigenvalue weighted by molar-refractivity contribution is 0.294. The maximum atomic E-state index is 12.6. The molecule has 20 heavy (non-hydrogen) atoms. The lowest BCUT2D eigenvalue weighted by Crippen LogP contribution is -2.39. The van der Waals surface area contributed by atoms with Crippen LogP contribution in [0.4, 0.5) is 0 Å². The minimum absolute atomic E-state index is 0.267. The zero-order valence-corrected chi connectivity index (χ0v) is 14.0. The van der Waals surface area contributed by atoms with Gasteiger partial charge in [-0.25, -0.2) is 0 Å². The first-order valence-electron chi connectivity index (χ1n) is 7.13. The summed E-state index contributed by atoms with van der Waals surface area (Å²) in [6.45, 7) is 0. The van der Waals surface area contributed by atoms with Crippen LogP contribution in [0.25, 0.3) is 0 Å². The monoisotopic (exact) mass is 333 g/mol. The molecule has 1 aliphatic carbocycles. The summed E-state index contributed by atoms with van der Waals surface area (Å²) < 4.78 is 12.6. The van der Waals surface area contributed by atoms with Crippen LogP contribution >= 0.6 is 23.2 Å². The van der Waals surface area contributed by atoms with E-state index in [-0.39, 0.29) is 6.04 Å². The molecule has 0 aromatic heterocycles. The Kier molecular flexibility index (Phi) is 6.34. The molecule has 1 aliphatic rings. The van der Waals surface area contributed by atoms with Gasteiger partial charge in [0, 0.05) is 11.8 Å². The highest BCUT2D eigenvalue weighted by Crippen LogP contribution is 2.31. The van der Waals surface area contributed by atoms with Crippen LogP contribution in [-0.2, 0) is 10.8 Å². The second-order valence-corrected chi connectivity index (χ2v) is 7.60. The fourth-order valence-corrected chi connectivity index (χ4v) is 5.35. The summed E-state index contributed by atoms with van der Waals surface area (Å²) in [7, 11) is 0.785. The van der Waals surface area contributed by atoms with Gasteiger partial charge >= 0.3 is 0 Å². The molecule has 0 heterocycles. The van der Waals surface area contributed by atoms with Crippen molar-refractivity contribution < 1.29 is 4.21 Å². The molecule has 5 heteroatoms. The van der Waals surface area contributed by atoms with Gasteiger partial charge in [0.2, 0.25) is 0 Å². The van der Waals surface area contributed by atoms with Crippen molar-refractivity contribution >= 4 is 34.0 Å². The largest absolute Gasteiger partial charge is 0.316 e. The van der Waals surface area contributed by atoms with Crippen molar-refractivity contribution in [1.29, 1.82) is 0 Å². The van der Waals surface area contributed by atoms with Gasteiger partial charge in [-0.15, -0.1) is 0 Å². The molecule has 2 atom stereocenters. The second-order valence-electron chi connectivity index (χ2n) is 5.36. The van der Waals surface area contributed by atoms with Crippen LogP contribution in [0, 0.1) is 5.92 Å². The highest BCUT2D eigenvalue weighted by molar-refractivity contribution is 7.85. The Hall–Kier alpha value is -0.0900. The molecule has 1 saturated carbocycles. The van der Waals surface area contributed by atoms with Gasteiger partial charge in [0.1, 0.15) is 0 Å². The first kappa shape index (κ1) is 16.3. The third-order valence-electron chi connectivity index (χ3n) is 4.07. The van der Waals surface area contributed by atoms with E-state index >= 15 is 0 Å². The summed E-state index contributed by atoms with van der Waals surface area (Å²) in [5, 5.41) is 4.32. The average Bonchev–Trinajstić information content (AvgIpc) is 2.45. The molecule has 0 radical (unpaired) electrons. The fraction of sp³-hybridized carbons (Fsp3) is 0.600. The lowest BCUT2D eigenvalue weighted by atomic mass is 9.84. The molecule has 1 aromatic rings. The standard InChI is InChI=1S/C15H21Cl2NOS/c1-18-14(11-6-3-2-4-7-11)10-20(19)15-12(16)8-5-9-13(15)17/h5,8-9,11,14,18H,2-4,6-7,10H2,1H3. The van der Waals surface area contributed by atoms with Gasteiger partial charge in [0.25, 0.3) is 0 Å². The predicted octanol–water partition coefficient (Wildman–Crippen LogP) is 4.27. The Morgan fingerprint density at radius 3 is 2.40 bits per heavy atom. The summed E-state index contributed by atoms with van der Waals surface area (Å²) in [4.78, 5) is 0.576. The second kappa shape index (κ2) is 7.79. The van der Waals surface area contributed by atoms with E-state index in [1.807, 2.05) is 7.05 Å². The molecule has 2 nitrogen and oxygen atoms in total. The van der Waals surface area contributed by atoms with Gasteiger partial charge in [0.15, 0.2) is 0 Å². The van der Waals surface area contributed by atoms with Gasteiger partial charge < -0.3 is 5.32 Å². The van der Waals surface area contributed by atoms with Gasteiger partial charge in [-0.3, -0.25) is 4.21 Å². The molecule has 112 valence electrons. The Labute approximate surface area is 133 Å². The van der Waals surface area contributed by atoms with Crippen molar-refractivity contribution in [3.63, 3.8) is 0 Å². The average molecular weight is 334 g/mol. The van der Waals surface area contributed by atoms with E-state index < -0.39 is 10.8 Å². The Balaban J connectivity index is 2.09. The third kappa shape index (κ3) is 3.97. The Bertz CT molecular complexity index is 455. The molecule has 0 aliphatic heterocycles. The van der Waals surface area contributed by atoms with Gasteiger partial charge in [0.05, 0.1) is 25.7 Å². The summed E-state index contributed by atoms with van der Waals surface area (Å²) in [5.74, 6) is 1.18. The zero-order chi connectivity index (χ0) is 14.5. The normalized spacial score (nSPS) is 19.8. The topological polar surface area (TPSA) is 29.1 Å². The number of nitrogens with one attached hydrogen (secondary N) is 1. The van der Waals surface area contributed by atoms with Crippen LogP contribution in [0.3, 0.4) is 0 Å². The number of rotatable bonds is 5. The molecule has 2 rings (SSSR count). The summed E-state index contributed by atoms with van der Waals surface area (Å²) in [5.41, 5.74) is 0. The van der Waals surface area contributed by atoms with Crippen molar-refractivity contribution in [2.75, 3.05) is 12.8 Å². The maximum absolute atomic E-state index is 12.6. The molecule has 0 amide bonds. The van der Waals surface area contributed by atoms with E-state index in [0.717, 1.165) is 0 Å². The van der Waals surface area contributed by atoms with E-state index in [2.05, 4.69) is 5.32 Å². The summed E-state index contributed by atoms with van der Waals surface area (Å²) in [6.07, 6.45) is 6.33. The van der Waals surface area contributed by atoms with Crippen molar-refractivity contribution in [2.24, 2.45) is 5.92 Å².